The van der Waals surface area contributed by atoms with Crippen LogP contribution in [0.1, 0.15) is 10.5 Å². The molecule has 0 saturated heterocycles. The summed E-state index contributed by atoms with van der Waals surface area (Å²) in [5.74, 6) is -0.388. The van der Waals surface area contributed by atoms with Crippen LogP contribution < -0.4 is 4.74 Å². The lowest BCUT2D eigenvalue weighted by Gasteiger charge is -1.99. The highest BCUT2D eigenvalue weighted by atomic mass is 35.5. The largest absolute Gasteiger partial charge is 0.497 e. The molecular formula is C11H8ClNO3S. The van der Waals surface area contributed by atoms with Crippen molar-refractivity contribution in [1.29, 1.82) is 0 Å². The third-order valence-electron chi connectivity index (χ3n) is 2.13. The molecule has 0 fully saturated rings. The molecule has 0 unspecified atom stereocenters. The number of aromatic nitrogens is 1. The normalized spacial score (nSPS) is 10.2. The molecule has 0 aliphatic carbocycles. The minimum absolute atomic E-state index is 0.109. The van der Waals surface area contributed by atoms with Gasteiger partial charge in [-0.2, -0.15) is 0 Å². The van der Waals surface area contributed by atoms with Gasteiger partial charge in [-0.25, -0.2) is 9.78 Å². The number of carbonyl (C=O) groups is 1. The van der Waals surface area contributed by atoms with E-state index in [0.717, 1.165) is 22.6 Å². The van der Waals surface area contributed by atoms with Crippen molar-refractivity contribution in [3.8, 4) is 16.3 Å². The first-order valence-electron chi connectivity index (χ1n) is 4.66. The van der Waals surface area contributed by atoms with Crippen LogP contribution in [0.15, 0.2) is 24.3 Å². The Bertz CT molecular complexity index is 550. The Morgan fingerprint density at radius 1 is 1.41 bits per heavy atom. The molecule has 0 aliphatic rings. The summed E-state index contributed by atoms with van der Waals surface area (Å²) in [4.78, 5) is 14.8. The number of aromatic carboxylic acids is 1. The van der Waals surface area contributed by atoms with Gasteiger partial charge in [-0.3, -0.25) is 0 Å². The van der Waals surface area contributed by atoms with E-state index in [1.165, 1.54) is 0 Å². The van der Waals surface area contributed by atoms with Crippen LogP contribution in [0.5, 0.6) is 5.75 Å². The number of nitrogens with zero attached hydrogens (tertiary/aromatic N) is 1. The Morgan fingerprint density at radius 3 is 2.53 bits per heavy atom. The number of rotatable bonds is 3. The van der Waals surface area contributed by atoms with Gasteiger partial charge in [0.1, 0.15) is 15.1 Å². The second kappa shape index (κ2) is 4.73. The van der Waals surface area contributed by atoms with E-state index in [1.807, 2.05) is 0 Å². The fraction of sp³-hybridized carbons (Fsp3) is 0.0909. The number of carboxylic acid groups (broad SMARTS) is 1. The maximum atomic E-state index is 10.8. The van der Waals surface area contributed by atoms with Gasteiger partial charge in [0, 0.05) is 5.56 Å². The maximum absolute atomic E-state index is 10.8. The fourth-order valence-corrected chi connectivity index (χ4v) is 2.42. The van der Waals surface area contributed by atoms with Gasteiger partial charge < -0.3 is 9.84 Å². The fourth-order valence-electron chi connectivity index (χ4n) is 1.29. The predicted molar refractivity (Wildman–Crippen MR) is 66.1 cm³/mol. The van der Waals surface area contributed by atoms with Crippen LogP contribution in [0.3, 0.4) is 0 Å². The molecule has 0 atom stereocenters. The quantitative estimate of drug-likeness (QED) is 0.930. The molecule has 88 valence electrons. The molecule has 0 radical (unpaired) electrons. The van der Waals surface area contributed by atoms with Gasteiger partial charge in [-0.05, 0) is 24.3 Å². The van der Waals surface area contributed by atoms with Crippen LogP contribution in [-0.2, 0) is 0 Å². The molecule has 0 bridgehead atoms. The lowest BCUT2D eigenvalue weighted by molar-refractivity contribution is 0.0691. The van der Waals surface area contributed by atoms with Crippen molar-refractivity contribution in [2.24, 2.45) is 0 Å². The number of thiazole rings is 1. The Morgan fingerprint density at radius 2 is 2.06 bits per heavy atom. The average molecular weight is 270 g/mol. The molecule has 2 aromatic rings. The predicted octanol–water partition coefficient (Wildman–Crippen LogP) is 3.17. The average Bonchev–Trinajstić information content (AvgIpc) is 2.71. The van der Waals surface area contributed by atoms with Crippen molar-refractivity contribution in [2.75, 3.05) is 7.11 Å². The Hall–Kier alpha value is -1.59. The van der Waals surface area contributed by atoms with Crippen molar-refractivity contribution in [3.05, 3.63) is 34.3 Å². The molecule has 1 heterocycles. The van der Waals surface area contributed by atoms with Gasteiger partial charge in [0.25, 0.3) is 0 Å². The lowest BCUT2D eigenvalue weighted by Crippen LogP contribution is -1.96. The number of halogens is 1. The zero-order valence-corrected chi connectivity index (χ0v) is 10.4. The van der Waals surface area contributed by atoms with Crippen LogP contribution in [0, 0.1) is 0 Å². The van der Waals surface area contributed by atoms with E-state index >= 15 is 0 Å². The van der Waals surface area contributed by atoms with E-state index in [4.69, 9.17) is 21.4 Å². The monoisotopic (exact) mass is 269 g/mol. The molecule has 4 nitrogen and oxygen atoms in total. The minimum atomic E-state index is -1.12. The first-order chi connectivity index (χ1) is 8.11. The molecule has 1 N–H and O–H groups in total. The lowest BCUT2D eigenvalue weighted by atomic mass is 10.2. The van der Waals surface area contributed by atoms with Gasteiger partial charge in [0.2, 0.25) is 0 Å². The molecule has 2 rings (SSSR count). The summed E-state index contributed by atoms with van der Waals surface area (Å²) in [7, 11) is 1.58. The van der Waals surface area contributed by atoms with E-state index in [0.29, 0.717) is 5.01 Å². The number of methoxy groups -OCH3 is 1. The topological polar surface area (TPSA) is 59.4 Å². The van der Waals surface area contributed by atoms with Gasteiger partial charge in [0.05, 0.1) is 7.11 Å². The smallest absolute Gasteiger partial charge is 0.356 e. The maximum Gasteiger partial charge on any atom is 0.356 e. The minimum Gasteiger partial charge on any atom is -0.497 e. The van der Waals surface area contributed by atoms with Crippen LogP contribution in [0.25, 0.3) is 10.6 Å². The van der Waals surface area contributed by atoms with Crippen molar-refractivity contribution in [3.63, 3.8) is 0 Å². The van der Waals surface area contributed by atoms with Crippen LogP contribution >= 0.6 is 22.9 Å². The molecule has 1 aromatic heterocycles. The summed E-state index contributed by atoms with van der Waals surface area (Å²) in [5.41, 5.74) is 0.702. The Kier molecular flexibility index (Phi) is 3.31. The zero-order valence-electron chi connectivity index (χ0n) is 8.81. The molecule has 6 heteroatoms. The Balaban J connectivity index is 2.39. The van der Waals surface area contributed by atoms with Crippen LogP contribution in [0.2, 0.25) is 4.34 Å². The number of carboxylic acids is 1. The van der Waals surface area contributed by atoms with E-state index in [9.17, 15) is 4.79 Å². The summed E-state index contributed by atoms with van der Waals surface area (Å²) < 4.78 is 5.22. The second-order valence-corrected chi connectivity index (χ2v) is 4.78. The highest BCUT2D eigenvalue weighted by Gasteiger charge is 2.16. The van der Waals surface area contributed by atoms with Gasteiger partial charge in [-0.1, -0.05) is 11.6 Å². The zero-order chi connectivity index (χ0) is 12.4. The van der Waals surface area contributed by atoms with Crippen molar-refractivity contribution in [2.45, 2.75) is 0 Å². The Labute approximate surface area is 106 Å². The van der Waals surface area contributed by atoms with Crippen LogP contribution in [-0.4, -0.2) is 23.2 Å². The molecular weight excluding hydrogens is 262 g/mol. The van der Waals surface area contributed by atoms with E-state index in [2.05, 4.69) is 4.98 Å². The van der Waals surface area contributed by atoms with Gasteiger partial charge in [0.15, 0.2) is 5.69 Å². The van der Waals surface area contributed by atoms with E-state index in [1.54, 1.807) is 31.4 Å². The third kappa shape index (κ3) is 2.40. The first-order valence-corrected chi connectivity index (χ1v) is 5.85. The van der Waals surface area contributed by atoms with E-state index < -0.39 is 5.97 Å². The summed E-state index contributed by atoms with van der Waals surface area (Å²) in [6.07, 6.45) is 0. The third-order valence-corrected chi connectivity index (χ3v) is 3.43. The number of benzene rings is 1. The molecule has 0 spiro atoms. The summed E-state index contributed by atoms with van der Waals surface area (Å²) >= 11 is 6.94. The molecule has 0 aliphatic heterocycles. The number of hydrogen-bond acceptors (Lipinski definition) is 4. The molecule has 0 saturated carbocycles. The standard InChI is InChI=1S/C11H8ClNO3S/c1-16-7-4-2-6(3-5-7)10-13-8(11(14)15)9(12)17-10/h2-5H,1H3,(H,14,15). The number of hydrogen-bond donors (Lipinski definition) is 1. The van der Waals surface area contributed by atoms with Crippen LogP contribution in [0.4, 0.5) is 0 Å². The van der Waals surface area contributed by atoms with Crippen molar-refractivity contribution >= 4 is 28.9 Å². The van der Waals surface area contributed by atoms with Crippen molar-refractivity contribution < 1.29 is 14.6 Å². The molecule has 17 heavy (non-hydrogen) atoms. The number of ether oxygens (including phenoxy) is 1. The molecule has 1 aromatic carbocycles. The summed E-state index contributed by atoms with van der Waals surface area (Å²) in [5, 5.41) is 9.43. The van der Waals surface area contributed by atoms with Gasteiger partial charge in [-0.15, -0.1) is 11.3 Å². The highest BCUT2D eigenvalue weighted by molar-refractivity contribution is 7.19. The van der Waals surface area contributed by atoms with Crippen molar-refractivity contribution in [1.82, 2.24) is 4.98 Å². The highest BCUT2D eigenvalue weighted by Crippen LogP contribution is 2.32. The second-order valence-electron chi connectivity index (χ2n) is 3.17. The SMILES string of the molecule is COc1ccc(-c2nc(C(=O)O)c(Cl)s2)cc1. The molecule has 0 amide bonds. The summed E-state index contributed by atoms with van der Waals surface area (Å²) in [6, 6.07) is 7.18. The first kappa shape index (κ1) is 11.9. The van der Waals surface area contributed by atoms with E-state index in [-0.39, 0.29) is 10.0 Å². The van der Waals surface area contributed by atoms with Gasteiger partial charge >= 0.3 is 5.97 Å². The summed E-state index contributed by atoms with van der Waals surface area (Å²) in [6.45, 7) is 0.